The highest BCUT2D eigenvalue weighted by Crippen LogP contribution is 2.38. The second-order valence-electron chi connectivity index (χ2n) is 6.55. The van der Waals surface area contributed by atoms with Crippen LogP contribution >= 0.6 is 0 Å². The van der Waals surface area contributed by atoms with Crippen LogP contribution in [-0.2, 0) is 17.8 Å². The Labute approximate surface area is 143 Å². The smallest absolute Gasteiger partial charge is 0.240 e. The number of hydrogen-bond donors (Lipinski definition) is 2. The van der Waals surface area contributed by atoms with Gasteiger partial charge in [0.25, 0.3) is 0 Å². The van der Waals surface area contributed by atoms with Gasteiger partial charge in [0, 0.05) is 32.1 Å². The number of amides is 1. The van der Waals surface area contributed by atoms with Crippen LogP contribution in [0.15, 0.2) is 4.52 Å². The third-order valence-corrected chi connectivity index (χ3v) is 4.42. The van der Waals surface area contributed by atoms with Crippen LogP contribution in [-0.4, -0.2) is 83.9 Å². The minimum absolute atomic E-state index is 0.0671. The van der Waals surface area contributed by atoms with E-state index in [1.807, 2.05) is 4.90 Å². The SMILES string of the molecule is O=C(Cc1nn[nH]n1)N1CCN(Cc2nc(C3CC3)no2)C[C@@H](O)C1. The Balaban J connectivity index is 1.34. The summed E-state index contributed by atoms with van der Waals surface area (Å²) < 4.78 is 5.30. The van der Waals surface area contributed by atoms with Crippen LogP contribution in [0.2, 0.25) is 0 Å². The molecule has 0 spiro atoms. The summed E-state index contributed by atoms with van der Waals surface area (Å²) in [5, 5.41) is 27.6. The molecule has 1 saturated carbocycles. The largest absolute Gasteiger partial charge is 0.390 e. The van der Waals surface area contributed by atoms with Crippen molar-refractivity contribution in [1.29, 1.82) is 0 Å². The van der Waals surface area contributed by atoms with Crippen molar-refractivity contribution in [3.63, 3.8) is 0 Å². The Morgan fingerprint density at radius 1 is 1.32 bits per heavy atom. The Kier molecular flexibility index (Phi) is 4.40. The number of H-pyrrole nitrogens is 1. The van der Waals surface area contributed by atoms with E-state index in [0.717, 1.165) is 18.7 Å². The van der Waals surface area contributed by atoms with E-state index in [2.05, 4.69) is 30.8 Å². The maximum Gasteiger partial charge on any atom is 0.240 e. The molecule has 2 aliphatic rings. The van der Waals surface area contributed by atoms with E-state index in [4.69, 9.17) is 4.52 Å². The highest BCUT2D eigenvalue weighted by atomic mass is 16.5. The number of hydrogen-bond acceptors (Lipinski definition) is 9. The van der Waals surface area contributed by atoms with Gasteiger partial charge in [-0.1, -0.05) is 10.4 Å². The number of aromatic nitrogens is 6. The lowest BCUT2D eigenvalue weighted by Crippen LogP contribution is -2.38. The molecule has 1 amide bonds. The number of carbonyl (C=O) groups excluding carboxylic acids is 1. The van der Waals surface area contributed by atoms with Crippen molar-refractivity contribution in [3.8, 4) is 0 Å². The zero-order valence-corrected chi connectivity index (χ0v) is 13.7. The number of β-amino-alcohol motifs (C(OH)–C–C–N with tert-alkyl or cyclic N) is 1. The summed E-state index contributed by atoms with van der Waals surface area (Å²) in [6.45, 7) is 2.34. The normalized spacial score (nSPS) is 22.1. The fraction of sp³-hybridized carbons (Fsp3) is 0.714. The molecule has 1 saturated heterocycles. The van der Waals surface area contributed by atoms with Crippen LogP contribution in [0.1, 0.15) is 36.3 Å². The first kappa shape index (κ1) is 16.1. The second kappa shape index (κ2) is 6.84. The minimum atomic E-state index is -0.637. The molecule has 2 aromatic heterocycles. The first-order chi connectivity index (χ1) is 12.2. The lowest BCUT2D eigenvalue weighted by Gasteiger charge is -2.21. The van der Waals surface area contributed by atoms with Gasteiger partial charge in [-0.3, -0.25) is 9.69 Å². The summed E-state index contributed by atoms with van der Waals surface area (Å²) >= 11 is 0. The number of aliphatic hydroxyl groups is 1. The van der Waals surface area contributed by atoms with Crippen LogP contribution < -0.4 is 0 Å². The molecule has 11 nitrogen and oxygen atoms in total. The van der Waals surface area contributed by atoms with E-state index in [9.17, 15) is 9.90 Å². The number of aromatic amines is 1. The highest BCUT2D eigenvalue weighted by molar-refractivity contribution is 5.78. The first-order valence-electron chi connectivity index (χ1n) is 8.40. The van der Waals surface area contributed by atoms with E-state index in [1.165, 1.54) is 0 Å². The number of tetrazole rings is 1. The van der Waals surface area contributed by atoms with E-state index in [0.29, 0.717) is 43.8 Å². The maximum absolute atomic E-state index is 12.3. The van der Waals surface area contributed by atoms with Crippen LogP contribution in [0.3, 0.4) is 0 Å². The Morgan fingerprint density at radius 2 is 2.20 bits per heavy atom. The standard InChI is InChI=1S/C14H20N8O3/c23-10-6-21(8-12-15-14(18-25-12)9-1-2-9)3-4-22(7-10)13(24)5-11-16-19-20-17-11/h9-10,23H,1-8H2,(H,16,17,19,20)/t10-/m1/s1. The molecule has 0 bridgehead atoms. The molecule has 134 valence electrons. The maximum atomic E-state index is 12.3. The van der Waals surface area contributed by atoms with Crippen molar-refractivity contribution in [1.82, 2.24) is 40.6 Å². The lowest BCUT2D eigenvalue weighted by molar-refractivity contribution is -0.131. The number of carbonyl (C=O) groups is 1. The van der Waals surface area contributed by atoms with Gasteiger partial charge >= 0.3 is 0 Å². The van der Waals surface area contributed by atoms with Gasteiger partial charge in [-0.2, -0.15) is 10.2 Å². The Hall–Kier alpha value is -2.40. The number of nitrogens with one attached hydrogen (secondary N) is 1. The summed E-state index contributed by atoms with van der Waals surface area (Å²) in [4.78, 5) is 20.4. The second-order valence-corrected chi connectivity index (χ2v) is 6.55. The van der Waals surface area contributed by atoms with Crippen LogP contribution in [0.25, 0.3) is 0 Å². The predicted octanol–water partition coefficient (Wildman–Crippen LogP) is -1.29. The topological polar surface area (TPSA) is 137 Å². The molecule has 1 atom stereocenters. The lowest BCUT2D eigenvalue weighted by atomic mass is 10.3. The first-order valence-corrected chi connectivity index (χ1v) is 8.40. The molecular weight excluding hydrogens is 328 g/mol. The van der Waals surface area contributed by atoms with E-state index < -0.39 is 6.10 Å². The van der Waals surface area contributed by atoms with Crippen molar-refractivity contribution >= 4 is 5.91 Å². The summed E-state index contributed by atoms with van der Waals surface area (Å²) in [6.07, 6.45) is 1.68. The van der Waals surface area contributed by atoms with Crippen molar-refractivity contribution in [3.05, 3.63) is 17.5 Å². The molecule has 11 heteroatoms. The molecule has 1 aliphatic carbocycles. The quantitative estimate of drug-likeness (QED) is 0.676. The zero-order valence-electron chi connectivity index (χ0n) is 13.7. The fourth-order valence-electron chi connectivity index (χ4n) is 2.96. The third kappa shape index (κ3) is 3.99. The monoisotopic (exact) mass is 348 g/mol. The van der Waals surface area contributed by atoms with Gasteiger partial charge < -0.3 is 14.5 Å². The summed E-state index contributed by atoms with van der Waals surface area (Å²) in [5.41, 5.74) is 0. The van der Waals surface area contributed by atoms with Crippen molar-refractivity contribution in [2.24, 2.45) is 0 Å². The van der Waals surface area contributed by atoms with Gasteiger partial charge in [0.1, 0.15) is 0 Å². The minimum Gasteiger partial charge on any atom is -0.390 e. The van der Waals surface area contributed by atoms with E-state index in [1.54, 1.807) is 4.90 Å². The molecule has 2 N–H and O–H groups in total. The van der Waals surface area contributed by atoms with Crippen molar-refractivity contribution in [2.45, 2.75) is 37.8 Å². The zero-order chi connectivity index (χ0) is 17.2. The average Bonchev–Trinajstić information content (AvgIpc) is 3.18. The van der Waals surface area contributed by atoms with Gasteiger partial charge in [0.15, 0.2) is 11.6 Å². The fourth-order valence-corrected chi connectivity index (χ4v) is 2.96. The summed E-state index contributed by atoms with van der Waals surface area (Å²) in [5.74, 6) is 2.00. The van der Waals surface area contributed by atoms with Gasteiger partial charge in [-0.05, 0) is 12.8 Å². The van der Waals surface area contributed by atoms with Crippen molar-refractivity contribution < 1.29 is 14.4 Å². The molecule has 1 aliphatic heterocycles. The summed E-state index contributed by atoms with van der Waals surface area (Å²) in [6, 6.07) is 0. The molecule has 4 rings (SSSR count). The van der Waals surface area contributed by atoms with E-state index in [-0.39, 0.29) is 18.9 Å². The van der Waals surface area contributed by atoms with Gasteiger partial charge in [0.05, 0.1) is 19.1 Å². The molecule has 0 unspecified atom stereocenters. The number of nitrogens with zero attached hydrogens (tertiary/aromatic N) is 7. The predicted molar refractivity (Wildman–Crippen MR) is 82.0 cm³/mol. The number of aliphatic hydroxyl groups excluding tert-OH is 1. The Bertz CT molecular complexity index is 713. The molecule has 2 fully saturated rings. The molecule has 0 radical (unpaired) electrons. The third-order valence-electron chi connectivity index (χ3n) is 4.42. The molecular formula is C14H20N8O3. The van der Waals surface area contributed by atoms with Gasteiger partial charge in [-0.15, -0.1) is 10.2 Å². The van der Waals surface area contributed by atoms with Gasteiger partial charge in [-0.25, -0.2) is 0 Å². The highest BCUT2D eigenvalue weighted by Gasteiger charge is 2.30. The molecule has 3 heterocycles. The molecule has 25 heavy (non-hydrogen) atoms. The van der Waals surface area contributed by atoms with Gasteiger partial charge in [0.2, 0.25) is 11.8 Å². The van der Waals surface area contributed by atoms with Crippen LogP contribution in [0.4, 0.5) is 0 Å². The van der Waals surface area contributed by atoms with Crippen LogP contribution in [0, 0.1) is 0 Å². The van der Waals surface area contributed by atoms with Crippen molar-refractivity contribution in [2.75, 3.05) is 26.2 Å². The Morgan fingerprint density at radius 3 is 2.96 bits per heavy atom. The molecule has 2 aromatic rings. The average molecular weight is 348 g/mol. The van der Waals surface area contributed by atoms with E-state index >= 15 is 0 Å². The summed E-state index contributed by atoms with van der Waals surface area (Å²) in [7, 11) is 0. The molecule has 0 aromatic carbocycles. The van der Waals surface area contributed by atoms with Crippen LogP contribution in [0.5, 0.6) is 0 Å². The number of rotatable bonds is 5.